The maximum absolute atomic E-state index is 12.6. The number of carbonyl (C=O) groups is 1. The average Bonchev–Trinajstić information content (AvgIpc) is 3.28. The Hall–Kier alpha value is -2.13. The first-order valence-electron chi connectivity index (χ1n) is 9.95. The normalized spacial score (nSPS) is 11.3. The smallest absolute Gasteiger partial charge is 0.254 e. The lowest BCUT2D eigenvalue weighted by Gasteiger charge is -2.11. The highest BCUT2D eigenvalue weighted by molar-refractivity contribution is 9.10. The molecule has 0 aliphatic carbocycles. The predicted octanol–water partition coefficient (Wildman–Crippen LogP) is 4.28. The highest BCUT2D eigenvalue weighted by Crippen LogP contribution is 2.18. The molecule has 0 aliphatic rings. The third-order valence-corrected chi connectivity index (χ3v) is 5.91. The summed E-state index contributed by atoms with van der Waals surface area (Å²) < 4.78 is 4.96. The summed E-state index contributed by atoms with van der Waals surface area (Å²) in [4.78, 5) is 12.6. The summed E-state index contributed by atoms with van der Waals surface area (Å²) in [6.45, 7) is 7.75. The van der Waals surface area contributed by atoms with Crippen molar-refractivity contribution < 1.29 is 4.79 Å². The maximum atomic E-state index is 12.6. The SMILES string of the molecule is CSc1nnc(CCCNC(=O)c2cnn(-c3ccc(Br)cc3)c2C)n1CC(C)C. The van der Waals surface area contributed by atoms with E-state index >= 15 is 0 Å². The van der Waals surface area contributed by atoms with Crippen LogP contribution in [0.5, 0.6) is 0 Å². The molecular weight excluding hydrogens is 464 g/mol. The van der Waals surface area contributed by atoms with Gasteiger partial charge in [-0.25, -0.2) is 4.68 Å². The van der Waals surface area contributed by atoms with E-state index in [9.17, 15) is 4.79 Å². The van der Waals surface area contributed by atoms with Gasteiger partial charge in [-0.3, -0.25) is 4.79 Å². The summed E-state index contributed by atoms with van der Waals surface area (Å²) in [7, 11) is 0. The van der Waals surface area contributed by atoms with Crippen LogP contribution >= 0.6 is 27.7 Å². The fourth-order valence-electron chi connectivity index (χ4n) is 3.22. The minimum atomic E-state index is -0.107. The molecule has 0 bridgehead atoms. The second-order valence-corrected chi connectivity index (χ2v) is 9.19. The number of thioether (sulfide) groups is 1. The number of rotatable bonds is 9. The molecule has 1 amide bonds. The molecule has 1 N–H and O–H groups in total. The number of hydrogen-bond donors (Lipinski definition) is 1. The van der Waals surface area contributed by atoms with Crippen LogP contribution in [0, 0.1) is 12.8 Å². The van der Waals surface area contributed by atoms with Gasteiger partial charge in [0.2, 0.25) is 0 Å². The van der Waals surface area contributed by atoms with Crippen molar-refractivity contribution in [2.45, 2.75) is 45.3 Å². The minimum Gasteiger partial charge on any atom is -0.352 e. The Morgan fingerprint density at radius 2 is 1.97 bits per heavy atom. The van der Waals surface area contributed by atoms with Gasteiger partial charge >= 0.3 is 0 Å². The van der Waals surface area contributed by atoms with E-state index in [4.69, 9.17) is 0 Å². The van der Waals surface area contributed by atoms with Gasteiger partial charge in [-0.1, -0.05) is 41.5 Å². The van der Waals surface area contributed by atoms with Crippen LogP contribution in [0.4, 0.5) is 0 Å². The summed E-state index contributed by atoms with van der Waals surface area (Å²) in [5.41, 5.74) is 2.32. The second kappa shape index (κ2) is 10.3. The third-order valence-electron chi connectivity index (χ3n) is 4.71. The van der Waals surface area contributed by atoms with E-state index in [0.29, 0.717) is 18.0 Å². The number of amides is 1. The van der Waals surface area contributed by atoms with Crippen molar-refractivity contribution in [1.82, 2.24) is 29.9 Å². The van der Waals surface area contributed by atoms with Crippen LogP contribution in [-0.4, -0.2) is 43.3 Å². The summed E-state index contributed by atoms with van der Waals surface area (Å²) in [5.74, 6) is 1.39. The van der Waals surface area contributed by atoms with Gasteiger partial charge in [0.15, 0.2) is 5.16 Å². The van der Waals surface area contributed by atoms with Gasteiger partial charge in [-0.15, -0.1) is 10.2 Å². The van der Waals surface area contributed by atoms with Crippen LogP contribution < -0.4 is 5.32 Å². The molecule has 2 heterocycles. The highest BCUT2D eigenvalue weighted by Gasteiger charge is 2.16. The van der Waals surface area contributed by atoms with Gasteiger partial charge in [0, 0.05) is 24.0 Å². The number of carbonyl (C=O) groups excluding carboxylic acids is 1. The Morgan fingerprint density at radius 3 is 2.63 bits per heavy atom. The zero-order chi connectivity index (χ0) is 21.7. The fourth-order valence-corrected chi connectivity index (χ4v) is 4.01. The molecule has 3 aromatic rings. The zero-order valence-corrected chi connectivity index (χ0v) is 20.1. The Labute approximate surface area is 189 Å². The number of nitrogens with one attached hydrogen (secondary N) is 1. The summed E-state index contributed by atoms with van der Waals surface area (Å²) in [5, 5.41) is 16.9. The van der Waals surface area contributed by atoms with Crippen molar-refractivity contribution in [3.63, 3.8) is 0 Å². The van der Waals surface area contributed by atoms with Gasteiger partial charge in [-0.05, 0) is 49.8 Å². The monoisotopic (exact) mass is 490 g/mol. The van der Waals surface area contributed by atoms with Gasteiger partial charge in [0.25, 0.3) is 5.91 Å². The minimum absolute atomic E-state index is 0.107. The van der Waals surface area contributed by atoms with Gasteiger partial charge in [-0.2, -0.15) is 5.10 Å². The van der Waals surface area contributed by atoms with E-state index in [-0.39, 0.29) is 5.91 Å². The van der Waals surface area contributed by atoms with Crippen LogP contribution in [0.3, 0.4) is 0 Å². The molecule has 0 atom stereocenters. The van der Waals surface area contributed by atoms with Crippen LogP contribution in [-0.2, 0) is 13.0 Å². The molecule has 0 unspecified atom stereocenters. The molecule has 30 heavy (non-hydrogen) atoms. The Kier molecular flexibility index (Phi) is 7.71. The first-order chi connectivity index (χ1) is 14.4. The van der Waals surface area contributed by atoms with E-state index < -0.39 is 0 Å². The van der Waals surface area contributed by atoms with Crippen molar-refractivity contribution >= 4 is 33.6 Å². The predicted molar refractivity (Wildman–Crippen MR) is 123 cm³/mol. The molecule has 0 spiro atoms. The summed E-state index contributed by atoms with van der Waals surface area (Å²) in [6, 6.07) is 7.83. The molecule has 160 valence electrons. The fraction of sp³-hybridized carbons (Fsp3) is 0.429. The summed E-state index contributed by atoms with van der Waals surface area (Å²) in [6.07, 6.45) is 5.21. The molecule has 0 radical (unpaired) electrons. The van der Waals surface area contributed by atoms with Crippen molar-refractivity contribution in [2.24, 2.45) is 5.92 Å². The number of nitrogens with zero attached hydrogens (tertiary/aromatic N) is 5. The molecule has 0 saturated heterocycles. The number of benzene rings is 1. The lowest BCUT2D eigenvalue weighted by Crippen LogP contribution is -2.25. The average molecular weight is 491 g/mol. The number of aromatic nitrogens is 5. The lowest BCUT2D eigenvalue weighted by molar-refractivity contribution is 0.0952. The topological polar surface area (TPSA) is 77.6 Å². The molecule has 0 saturated carbocycles. The molecule has 7 nitrogen and oxygen atoms in total. The quantitative estimate of drug-likeness (QED) is 0.357. The summed E-state index contributed by atoms with van der Waals surface area (Å²) >= 11 is 5.04. The van der Waals surface area contributed by atoms with E-state index in [1.165, 1.54) is 0 Å². The van der Waals surface area contributed by atoms with E-state index in [0.717, 1.165) is 46.2 Å². The van der Waals surface area contributed by atoms with E-state index in [2.05, 4.69) is 55.0 Å². The van der Waals surface area contributed by atoms with Crippen LogP contribution in [0.2, 0.25) is 0 Å². The van der Waals surface area contributed by atoms with Gasteiger partial charge < -0.3 is 9.88 Å². The van der Waals surface area contributed by atoms with Gasteiger partial charge in [0.05, 0.1) is 23.1 Å². The Bertz CT molecular complexity index is 996. The van der Waals surface area contributed by atoms with Gasteiger partial charge in [0.1, 0.15) is 5.82 Å². The van der Waals surface area contributed by atoms with E-state index in [1.807, 2.05) is 37.4 Å². The number of halogens is 1. The largest absolute Gasteiger partial charge is 0.352 e. The number of aryl methyl sites for hydroxylation is 1. The third kappa shape index (κ3) is 5.31. The van der Waals surface area contributed by atoms with Crippen molar-refractivity contribution in [3.8, 4) is 5.69 Å². The van der Waals surface area contributed by atoms with Crippen molar-refractivity contribution in [2.75, 3.05) is 12.8 Å². The molecule has 0 fully saturated rings. The molecule has 2 aromatic heterocycles. The zero-order valence-electron chi connectivity index (χ0n) is 17.7. The van der Waals surface area contributed by atoms with Crippen molar-refractivity contribution in [3.05, 3.63) is 52.0 Å². The standard InChI is InChI=1S/C21H27BrN6OS/c1-14(2)13-27-19(25-26-21(27)30-4)6-5-11-23-20(29)18-12-24-28(15(18)3)17-9-7-16(22)8-10-17/h7-10,12,14H,5-6,11,13H2,1-4H3,(H,23,29). The highest BCUT2D eigenvalue weighted by atomic mass is 79.9. The van der Waals surface area contributed by atoms with Crippen LogP contribution in [0.1, 0.15) is 42.1 Å². The first kappa shape index (κ1) is 22.6. The molecule has 3 rings (SSSR count). The number of hydrogen-bond acceptors (Lipinski definition) is 5. The molecule has 0 aliphatic heterocycles. The Morgan fingerprint density at radius 1 is 1.23 bits per heavy atom. The van der Waals surface area contributed by atoms with Crippen LogP contribution in [0.25, 0.3) is 5.69 Å². The molecule has 1 aromatic carbocycles. The molecular formula is C21H27BrN6OS. The molecule has 9 heteroatoms. The first-order valence-corrected chi connectivity index (χ1v) is 12.0. The Balaban J connectivity index is 1.57. The maximum Gasteiger partial charge on any atom is 0.254 e. The van der Waals surface area contributed by atoms with Crippen molar-refractivity contribution in [1.29, 1.82) is 0 Å². The lowest BCUT2D eigenvalue weighted by atomic mass is 10.2. The van der Waals surface area contributed by atoms with Crippen LogP contribution in [0.15, 0.2) is 40.1 Å². The van der Waals surface area contributed by atoms with E-state index in [1.54, 1.807) is 22.6 Å². The second-order valence-electron chi connectivity index (χ2n) is 7.50.